The van der Waals surface area contributed by atoms with E-state index in [-0.39, 0.29) is 6.61 Å². The van der Waals surface area contributed by atoms with Gasteiger partial charge in [0, 0.05) is 19.8 Å². The van der Waals surface area contributed by atoms with Gasteiger partial charge in [-0.1, -0.05) is 29.8 Å². The molecule has 1 aromatic carbocycles. The highest BCUT2D eigenvalue weighted by Crippen LogP contribution is 2.13. The fraction of sp³-hybridized carbons (Fsp3) is 0.571. The van der Waals surface area contributed by atoms with E-state index >= 15 is 0 Å². The topological polar surface area (TPSA) is 29.5 Å². The van der Waals surface area contributed by atoms with Crippen molar-refractivity contribution in [2.24, 2.45) is 5.92 Å². The van der Waals surface area contributed by atoms with Crippen LogP contribution in [0.5, 0.6) is 0 Å². The van der Waals surface area contributed by atoms with E-state index in [4.69, 9.17) is 4.74 Å². The van der Waals surface area contributed by atoms with E-state index in [0.717, 1.165) is 26.1 Å². The molecule has 2 nitrogen and oxygen atoms in total. The number of benzene rings is 1. The normalized spacial score (nSPS) is 12.7. The molecule has 0 heterocycles. The fourth-order valence-corrected chi connectivity index (χ4v) is 1.82. The van der Waals surface area contributed by atoms with E-state index < -0.39 is 0 Å². The number of ether oxygens (including phenoxy) is 1. The van der Waals surface area contributed by atoms with Gasteiger partial charge in [-0.2, -0.15) is 0 Å². The van der Waals surface area contributed by atoms with Gasteiger partial charge in [0.15, 0.2) is 0 Å². The molecule has 0 saturated heterocycles. The first-order valence-corrected chi connectivity index (χ1v) is 6.00. The third-order valence-electron chi connectivity index (χ3n) is 2.74. The van der Waals surface area contributed by atoms with Crippen molar-refractivity contribution >= 4 is 0 Å². The second-order valence-corrected chi connectivity index (χ2v) is 4.23. The zero-order valence-corrected chi connectivity index (χ0v) is 10.3. The number of rotatable bonds is 7. The van der Waals surface area contributed by atoms with Crippen LogP contribution in [0.25, 0.3) is 0 Å². The van der Waals surface area contributed by atoms with Crippen LogP contribution in [-0.4, -0.2) is 24.9 Å². The van der Waals surface area contributed by atoms with Gasteiger partial charge in [0.05, 0.1) is 0 Å². The van der Waals surface area contributed by atoms with Crippen molar-refractivity contribution in [3.8, 4) is 0 Å². The van der Waals surface area contributed by atoms with Crippen LogP contribution < -0.4 is 0 Å². The first-order valence-electron chi connectivity index (χ1n) is 6.00. The Morgan fingerprint density at radius 2 is 2.19 bits per heavy atom. The molecule has 0 aliphatic rings. The summed E-state index contributed by atoms with van der Waals surface area (Å²) in [4.78, 5) is 0. The molecule has 0 spiro atoms. The lowest BCUT2D eigenvalue weighted by molar-refractivity contribution is 0.115. The van der Waals surface area contributed by atoms with Gasteiger partial charge in [0.1, 0.15) is 0 Å². The van der Waals surface area contributed by atoms with Crippen molar-refractivity contribution in [1.82, 2.24) is 0 Å². The Labute approximate surface area is 98.3 Å². The molecule has 1 atom stereocenters. The molecule has 0 amide bonds. The molecule has 0 saturated carbocycles. The highest BCUT2D eigenvalue weighted by molar-refractivity contribution is 5.22. The number of aliphatic hydroxyl groups is 1. The van der Waals surface area contributed by atoms with Gasteiger partial charge in [-0.05, 0) is 38.2 Å². The van der Waals surface area contributed by atoms with Crippen LogP contribution in [0.1, 0.15) is 24.5 Å². The Hall–Kier alpha value is -0.860. The highest BCUT2D eigenvalue weighted by atomic mass is 16.5. The Morgan fingerprint density at radius 3 is 2.81 bits per heavy atom. The summed E-state index contributed by atoms with van der Waals surface area (Å²) in [5, 5.41) is 9.30. The molecule has 0 aliphatic heterocycles. The predicted molar refractivity (Wildman–Crippen MR) is 66.6 cm³/mol. The van der Waals surface area contributed by atoms with Crippen LogP contribution in [0.15, 0.2) is 24.3 Å². The van der Waals surface area contributed by atoms with E-state index in [9.17, 15) is 5.11 Å². The average Bonchev–Trinajstić information content (AvgIpc) is 2.28. The molecule has 0 bridgehead atoms. The quantitative estimate of drug-likeness (QED) is 0.718. The number of aryl methyl sites for hydroxylation is 1. The van der Waals surface area contributed by atoms with Crippen LogP contribution in [0.4, 0.5) is 0 Å². The molecule has 1 rings (SSSR count). The maximum atomic E-state index is 9.30. The van der Waals surface area contributed by atoms with E-state index in [1.54, 1.807) is 0 Å². The van der Waals surface area contributed by atoms with Gasteiger partial charge >= 0.3 is 0 Å². The monoisotopic (exact) mass is 222 g/mol. The summed E-state index contributed by atoms with van der Waals surface area (Å²) in [6, 6.07) is 8.47. The lowest BCUT2D eigenvalue weighted by Gasteiger charge is -2.14. The minimum Gasteiger partial charge on any atom is -0.396 e. The van der Waals surface area contributed by atoms with E-state index in [1.165, 1.54) is 11.1 Å². The third kappa shape index (κ3) is 4.77. The predicted octanol–water partition coefficient (Wildman–Crippen LogP) is 2.57. The smallest absolute Gasteiger partial charge is 0.0469 e. The van der Waals surface area contributed by atoms with Crippen molar-refractivity contribution in [3.63, 3.8) is 0 Å². The SMILES string of the molecule is CCOCCC(CO)Cc1cccc(C)c1. The van der Waals surface area contributed by atoms with Gasteiger partial charge in [-0.15, -0.1) is 0 Å². The molecule has 90 valence electrons. The van der Waals surface area contributed by atoms with Crippen LogP contribution in [0.3, 0.4) is 0 Å². The summed E-state index contributed by atoms with van der Waals surface area (Å²) < 4.78 is 5.32. The van der Waals surface area contributed by atoms with Crippen LogP contribution in [0.2, 0.25) is 0 Å². The Kier molecular flexibility index (Phi) is 6.12. The third-order valence-corrected chi connectivity index (χ3v) is 2.74. The zero-order chi connectivity index (χ0) is 11.8. The summed E-state index contributed by atoms with van der Waals surface area (Å²) in [7, 11) is 0. The molecule has 2 heteroatoms. The van der Waals surface area contributed by atoms with Crippen LogP contribution in [-0.2, 0) is 11.2 Å². The molecular weight excluding hydrogens is 200 g/mol. The van der Waals surface area contributed by atoms with E-state index in [1.807, 2.05) is 6.92 Å². The minimum absolute atomic E-state index is 0.237. The van der Waals surface area contributed by atoms with Crippen molar-refractivity contribution in [2.45, 2.75) is 26.7 Å². The second-order valence-electron chi connectivity index (χ2n) is 4.23. The van der Waals surface area contributed by atoms with Crippen molar-refractivity contribution in [1.29, 1.82) is 0 Å². The fourth-order valence-electron chi connectivity index (χ4n) is 1.82. The molecule has 16 heavy (non-hydrogen) atoms. The molecule has 0 radical (unpaired) electrons. The number of aliphatic hydroxyl groups excluding tert-OH is 1. The minimum atomic E-state index is 0.237. The maximum Gasteiger partial charge on any atom is 0.0469 e. The van der Waals surface area contributed by atoms with Gasteiger partial charge in [0.25, 0.3) is 0 Å². The Morgan fingerprint density at radius 1 is 1.38 bits per heavy atom. The van der Waals surface area contributed by atoms with Gasteiger partial charge < -0.3 is 9.84 Å². The second kappa shape index (κ2) is 7.42. The summed E-state index contributed by atoms with van der Waals surface area (Å²) in [5.74, 6) is 0.313. The molecule has 1 aromatic rings. The number of hydrogen-bond acceptors (Lipinski definition) is 2. The standard InChI is InChI=1S/C14H22O2/c1-3-16-8-7-14(11-15)10-13-6-4-5-12(2)9-13/h4-6,9,14-15H,3,7-8,10-11H2,1-2H3. The zero-order valence-electron chi connectivity index (χ0n) is 10.3. The van der Waals surface area contributed by atoms with Crippen molar-refractivity contribution in [2.75, 3.05) is 19.8 Å². The van der Waals surface area contributed by atoms with Crippen molar-refractivity contribution in [3.05, 3.63) is 35.4 Å². The van der Waals surface area contributed by atoms with E-state index in [0.29, 0.717) is 5.92 Å². The first-order chi connectivity index (χ1) is 7.76. The van der Waals surface area contributed by atoms with Gasteiger partial charge in [0.2, 0.25) is 0 Å². The van der Waals surface area contributed by atoms with Crippen molar-refractivity contribution < 1.29 is 9.84 Å². The van der Waals surface area contributed by atoms with Gasteiger partial charge in [-0.25, -0.2) is 0 Å². The maximum absolute atomic E-state index is 9.30. The summed E-state index contributed by atoms with van der Waals surface area (Å²) in [6.45, 7) is 5.82. The number of hydrogen-bond donors (Lipinski definition) is 1. The molecule has 0 aliphatic carbocycles. The Balaban J connectivity index is 2.43. The summed E-state index contributed by atoms with van der Waals surface area (Å²) in [5.41, 5.74) is 2.58. The molecule has 1 unspecified atom stereocenters. The molecule has 0 fully saturated rings. The first kappa shape index (κ1) is 13.2. The lowest BCUT2D eigenvalue weighted by atomic mass is 9.96. The van der Waals surface area contributed by atoms with Crippen LogP contribution in [0, 0.1) is 12.8 Å². The largest absolute Gasteiger partial charge is 0.396 e. The Bertz CT molecular complexity index is 297. The lowest BCUT2D eigenvalue weighted by Crippen LogP contribution is -2.12. The molecule has 0 aromatic heterocycles. The highest BCUT2D eigenvalue weighted by Gasteiger charge is 2.08. The summed E-state index contributed by atoms with van der Waals surface area (Å²) >= 11 is 0. The van der Waals surface area contributed by atoms with Crippen LogP contribution >= 0.6 is 0 Å². The molecule has 1 N–H and O–H groups in total. The molecular formula is C14H22O2. The van der Waals surface area contributed by atoms with E-state index in [2.05, 4.69) is 31.2 Å². The average molecular weight is 222 g/mol. The van der Waals surface area contributed by atoms with Gasteiger partial charge in [-0.3, -0.25) is 0 Å². The summed E-state index contributed by atoms with van der Waals surface area (Å²) in [6.07, 6.45) is 1.86.